The van der Waals surface area contributed by atoms with Crippen molar-refractivity contribution in [3.05, 3.63) is 35.1 Å². The number of nitrogens with one attached hydrogen (secondary N) is 2. The number of carbonyl (C=O) groups excluding carboxylic acids is 1. The number of benzene rings is 1. The highest BCUT2D eigenvalue weighted by atomic mass is 32.2. The minimum Gasteiger partial charge on any atom is -0.394 e. The molecule has 1 atom stereocenters. The molecule has 0 aromatic heterocycles. The fourth-order valence-electron chi connectivity index (χ4n) is 1.79. The van der Waals surface area contributed by atoms with Crippen molar-refractivity contribution < 1.29 is 23.1 Å². The summed E-state index contributed by atoms with van der Waals surface area (Å²) in [4.78, 5) is 11.7. The van der Waals surface area contributed by atoms with Crippen LogP contribution >= 0.6 is 11.8 Å². The minimum atomic E-state index is -1.58. The lowest BCUT2D eigenvalue weighted by atomic mass is 10.1. The fourth-order valence-corrected chi connectivity index (χ4v) is 2.29. The topological polar surface area (TPSA) is 61.4 Å². The van der Waals surface area contributed by atoms with Crippen LogP contribution in [-0.4, -0.2) is 36.3 Å². The zero-order valence-electron chi connectivity index (χ0n) is 12.2. The standard InChI is InChI=1S/C14H19F3N2O2S/c1-22-5-3-2-4-18-14(21)19-12(8-20)9-6-10(15)13(17)11(16)7-9/h6-7,12,20H,2-5,8H2,1H3,(H2,18,19,21). The Kier molecular flexibility index (Phi) is 8.11. The lowest BCUT2D eigenvalue weighted by molar-refractivity contribution is 0.216. The zero-order chi connectivity index (χ0) is 16.5. The average Bonchev–Trinajstić information content (AvgIpc) is 2.49. The van der Waals surface area contributed by atoms with Gasteiger partial charge in [-0.05, 0) is 42.5 Å². The molecule has 1 rings (SSSR count). The number of urea groups is 1. The maximum atomic E-state index is 13.2. The van der Waals surface area contributed by atoms with Crippen LogP contribution in [-0.2, 0) is 0 Å². The van der Waals surface area contributed by atoms with Gasteiger partial charge in [0.15, 0.2) is 17.5 Å². The molecule has 0 fully saturated rings. The van der Waals surface area contributed by atoms with Gasteiger partial charge in [0.2, 0.25) is 0 Å². The molecule has 3 N–H and O–H groups in total. The second-order valence-electron chi connectivity index (χ2n) is 4.63. The second kappa shape index (κ2) is 9.58. The summed E-state index contributed by atoms with van der Waals surface area (Å²) in [6.07, 6.45) is 3.75. The first kappa shape index (κ1) is 18.6. The van der Waals surface area contributed by atoms with Crippen LogP contribution in [0, 0.1) is 17.5 Å². The van der Waals surface area contributed by atoms with Gasteiger partial charge in [-0.15, -0.1) is 0 Å². The van der Waals surface area contributed by atoms with Gasteiger partial charge in [-0.25, -0.2) is 18.0 Å². The molecule has 0 aliphatic heterocycles. The molecule has 8 heteroatoms. The number of carbonyl (C=O) groups is 1. The first-order valence-electron chi connectivity index (χ1n) is 6.78. The summed E-state index contributed by atoms with van der Waals surface area (Å²) in [5.41, 5.74) is -0.0450. The number of halogens is 3. The first-order chi connectivity index (χ1) is 10.5. The molecule has 124 valence electrons. The first-order valence-corrected chi connectivity index (χ1v) is 8.17. The van der Waals surface area contributed by atoms with E-state index < -0.39 is 36.1 Å². The number of hydrogen-bond acceptors (Lipinski definition) is 3. The van der Waals surface area contributed by atoms with Crippen LogP contribution in [0.3, 0.4) is 0 Å². The van der Waals surface area contributed by atoms with Crippen molar-refractivity contribution in [1.82, 2.24) is 10.6 Å². The summed E-state index contributed by atoms with van der Waals surface area (Å²) < 4.78 is 39.2. The molecule has 0 aliphatic rings. The summed E-state index contributed by atoms with van der Waals surface area (Å²) in [6.45, 7) is -0.110. The van der Waals surface area contributed by atoms with Crippen molar-refractivity contribution in [2.75, 3.05) is 25.2 Å². The van der Waals surface area contributed by atoms with Gasteiger partial charge in [-0.2, -0.15) is 11.8 Å². The van der Waals surface area contributed by atoms with E-state index in [1.807, 2.05) is 6.26 Å². The molecule has 4 nitrogen and oxygen atoms in total. The Balaban J connectivity index is 2.56. The van der Waals surface area contributed by atoms with E-state index in [9.17, 15) is 23.1 Å². The van der Waals surface area contributed by atoms with Crippen molar-refractivity contribution in [3.8, 4) is 0 Å². The minimum absolute atomic E-state index is 0.0450. The van der Waals surface area contributed by atoms with Gasteiger partial charge in [0.25, 0.3) is 0 Å². The maximum absolute atomic E-state index is 13.2. The van der Waals surface area contributed by atoms with E-state index in [0.29, 0.717) is 6.54 Å². The molecule has 1 aromatic rings. The number of hydrogen-bond donors (Lipinski definition) is 3. The fraction of sp³-hybridized carbons (Fsp3) is 0.500. The number of thioether (sulfide) groups is 1. The summed E-state index contributed by atoms with van der Waals surface area (Å²) in [7, 11) is 0. The van der Waals surface area contributed by atoms with E-state index in [4.69, 9.17) is 0 Å². The quantitative estimate of drug-likeness (QED) is 0.505. The third-order valence-corrected chi connectivity index (χ3v) is 3.65. The van der Waals surface area contributed by atoms with Crippen LogP contribution in [0.2, 0.25) is 0 Å². The van der Waals surface area contributed by atoms with E-state index in [1.165, 1.54) is 0 Å². The lowest BCUT2D eigenvalue weighted by Crippen LogP contribution is -2.39. The van der Waals surface area contributed by atoms with Crippen LogP contribution in [0.5, 0.6) is 0 Å². The van der Waals surface area contributed by atoms with Crippen molar-refractivity contribution in [1.29, 1.82) is 0 Å². The van der Waals surface area contributed by atoms with Gasteiger partial charge in [0.1, 0.15) is 0 Å². The van der Waals surface area contributed by atoms with Crippen molar-refractivity contribution in [3.63, 3.8) is 0 Å². The van der Waals surface area contributed by atoms with E-state index >= 15 is 0 Å². The number of rotatable bonds is 8. The van der Waals surface area contributed by atoms with Crippen LogP contribution in [0.1, 0.15) is 24.4 Å². The van der Waals surface area contributed by atoms with Crippen LogP contribution in [0.15, 0.2) is 12.1 Å². The molecule has 0 bridgehead atoms. The van der Waals surface area contributed by atoms with Gasteiger partial charge < -0.3 is 15.7 Å². The number of aliphatic hydroxyl groups excluding tert-OH is 1. The smallest absolute Gasteiger partial charge is 0.315 e. The molecule has 1 unspecified atom stereocenters. The highest BCUT2D eigenvalue weighted by molar-refractivity contribution is 7.98. The highest BCUT2D eigenvalue weighted by Gasteiger charge is 2.18. The van der Waals surface area contributed by atoms with Gasteiger partial charge in [0.05, 0.1) is 12.6 Å². The summed E-state index contributed by atoms with van der Waals surface area (Å²) in [5, 5.41) is 14.2. The van der Waals surface area contributed by atoms with Gasteiger partial charge in [-0.3, -0.25) is 0 Å². The van der Waals surface area contributed by atoms with E-state index in [-0.39, 0.29) is 5.56 Å². The summed E-state index contributed by atoms with van der Waals surface area (Å²) >= 11 is 1.71. The molecule has 22 heavy (non-hydrogen) atoms. The third-order valence-electron chi connectivity index (χ3n) is 2.96. The average molecular weight is 336 g/mol. The van der Waals surface area contributed by atoms with Crippen molar-refractivity contribution in [2.45, 2.75) is 18.9 Å². The predicted molar refractivity (Wildman–Crippen MR) is 80.3 cm³/mol. The molecule has 0 saturated heterocycles. The predicted octanol–water partition coefficient (Wildman–Crippen LogP) is 2.58. The van der Waals surface area contributed by atoms with Crippen LogP contribution in [0.4, 0.5) is 18.0 Å². The number of unbranched alkanes of at least 4 members (excludes halogenated alkanes) is 1. The van der Waals surface area contributed by atoms with Crippen molar-refractivity contribution in [2.24, 2.45) is 0 Å². The van der Waals surface area contributed by atoms with Gasteiger partial charge in [0, 0.05) is 6.54 Å². The van der Waals surface area contributed by atoms with Crippen LogP contribution < -0.4 is 10.6 Å². The Hall–Kier alpha value is -1.41. The summed E-state index contributed by atoms with van der Waals surface area (Å²) in [6, 6.07) is -0.0834. The zero-order valence-corrected chi connectivity index (χ0v) is 13.0. The Morgan fingerprint density at radius 3 is 2.45 bits per heavy atom. The molecule has 0 spiro atoms. The van der Waals surface area contributed by atoms with E-state index in [1.54, 1.807) is 11.8 Å². The largest absolute Gasteiger partial charge is 0.394 e. The third kappa shape index (κ3) is 5.76. The second-order valence-corrected chi connectivity index (χ2v) is 5.62. The monoisotopic (exact) mass is 336 g/mol. The Morgan fingerprint density at radius 1 is 1.27 bits per heavy atom. The van der Waals surface area contributed by atoms with Gasteiger partial charge in [-0.1, -0.05) is 0 Å². The van der Waals surface area contributed by atoms with Gasteiger partial charge >= 0.3 is 6.03 Å². The number of amides is 2. The molecule has 0 aliphatic carbocycles. The SMILES string of the molecule is CSCCCCNC(=O)NC(CO)c1cc(F)c(F)c(F)c1. The van der Waals surface area contributed by atoms with E-state index in [2.05, 4.69) is 10.6 Å². The normalized spacial score (nSPS) is 12.0. The Morgan fingerprint density at radius 2 is 1.91 bits per heavy atom. The molecular weight excluding hydrogens is 317 g/mol. The maximum Gasteiger partial charge on any atom is 0.315 e. The molecular formula is C14H19F3N2O2S. The molecule has 0 radical (unpaired) electrons. The molecule has 1 aromatic carbocycles. The molecule has 0 heterocycles. The van der Waals surface area contributed by atoms with Crippen molar-refractivity contribution >= 4 is 17.8 Å². The summed E-state index contributed by atoms with van der Waals surface area (Å²) in [5.74, 6) is -3.32. The van der Waals surface area contributed by atoms with E-state index in [0.717, 1.165) is 30.7 Å². The highest BCUT2D eigenvalue weighted by Crippen LogP contribution is 2.19. The lowest BCUT2D eigenvalue weighted by Gasteiger charge is -2.17. The molecule has 0 saturated carbocycles. The van der Waals surface area contributed by atoms with Crippen LogP contribution in [0.25, 0.3) is 0 Å². The number of aliphatic hydroxyl groups is 1. The Labute approximate surface area is 131 Å². The Bertz CT molecular complexity index is 480. The molecule has 2 amide bonds.